The highest BCUT2D eigenvalue weighted by atomic mass is 19.4. The van der Waals surface area contributed by atoms with Crippen molar-refractivity contribution in [1.82, 2.24) is 0 Å². The van der Waals surface area contributed by atoms with E-state index in [1.807, 2.05) is 0 Å². The van der Waals surface area contributed by atoms with Crippen molar-refractivity contribution < 1.29 is 17.9 Å². The second-order valence-electron chi connectivity index (χ2n) is 5.58. The van der Waals surface area contributed by atoms with Crippen LogP contribution in [0, 0.1) is 5.41 Å². The molecule has 0 aliphatic carbocycles. The summed E-state index contributed by atoms with van der Waals surface area (Å²) in [6, 6.07) is 3.83. The van der Waals surface area contributed by atoms with Crippen molar-refractivity contribution in [2.24, 2.45) is 5.41 Å². The summed E-state index contributed by atoms with van der Waals surface area (Å²) in [6.45, 7) is 3.87. The molecule has 3 N–H and O–H groups in total. The van der Waals surface area contributed by atoms with Gasteiger partial charge in [-0.25, -0.2) is 0 Å². The van der Waals surface area contributed by atoms with Crippen molar-refractivity contribution in [3.8, 4) is 0 Å². The molecule has 0 spiro atoms. The Morgan fingerprint density at radius 3 is 2.55 bits per heavy atom. The molecule has 6 heteroatoms. The van der Waals surface area contributed by atoms with Crippen molar-refractivity contribution >= 4 is 11.4 Å². The number of anilines is 2. The number of nitrogens with one attached hydrogen (secondary N) is 1. The van der Waals surface area contributed by atoms with Crippen LogP contribution in [0.3, 0.4) is 0 Å². The zero-order valence-corrected chi connectivity index (χ0v) is 11.4. The molecule has 0 aromatic heterocycles. The maximum atomic E-state index is 13.0. The Labute approximate surface area is 116 Å². The highest BCUT2D eigenvalue weighted by molar-refractivity contribution is 5.59. The van der Waals surface area contributed by atoms with Crippen molar-refractivity contribution in [2.45, 2.75) is 25.9 Å². The van der Waals surface area contributed by atoms with Crippen LogP contribution >= 0.6 is 0 Å². The van der Waals surface area contributed by atoms with Crippen LogP contribution in [0.15, 0.2) is 18.2 Å². The number of nitrogen functional groups attached to an aromatic ring is 1. The Kier molecular flexibility index (Phi) is 4.13. The minimum atomic E-state index is -4.41. The molecule has 1 aromatic rings. The lowest BCUT2D eigenvalue weighted by Gasteiger charge is -2.34. The molecule has 1 aromatic carbocycles. The molecular weight excluding hydrogens is 269 g/mol. The van der Waals surface area contributed by atoms with Gasteiger partial charge in [-0.2, -0.15) is 13.2 Å². The zero-order valence-electron chi connectivity index (χ0n) is 11.4. The van der Waals surface area contributed by atoms with E-state index in [-0.39, 0.29) is 16.8 Å². The summed E-state index contributed by atoms with van der Waals surface area (Å²) < 4.78 is 44.2. The van der Waals surface area contributed by atoms with Crippen molar-refractivity contribution in [3.05, 3.63) is 23.8 Å². The monoisotopic (exact) mass is 288 g/mol. The lowest BCUT2D eigenvalue weighted by atomic mass is 9.82. The van der Waals surface area contributed by atoms with Crippen LogP contribution in [-0.2, 0) is 10.9 Å². The SMILES string of the molecule is CC1(CNc2ccc(N)cc2C(F)(F)F)CCOCC1. The predicted molar refractivity (Wildman–Crippen MR) is 72.5 cm³/mol. The maximum absolute atomic E-state index is 13.0. The smallest absolute Gasteiger partial charge is 0.399 e. The summed E-state index contributed by atoms with van der Waals surface area (Å²) >= 11 is 0. The van der Waals surface area contributed by atoms with E-state index < -0.39 is 11.7 Å². The molecule has 112 valence electrons. The van der Waals surface area contributed by atoms with Gasteiger partial charge >= 0.3 is 6.18 Å². The van der Waals surface area contributed by atoms with E-state index in [0.29, 0.717) is 19.8 Å². The largest absolute Gasteiger partial charge is 0.418 e. The van der Waals surface area contributed by atoms with Crippen LogP contribution in [0.5, 0.6) is 0 Å². The van der Waals surface area contributed by atoms with Gasteiger partial charge in [-0.15, -0.1) is 0 Å². The van der Waals surface area contributed by atoms with E-state index in [4.69, 9.17) is 10.5 Å². The van der Waals surface area contributed by atoms with Crippen LogP contribution in [-0.4, -0.2) is 19.8 Å². The molecule has 1 aliphatic heterocycles. The third kappa shape index (κ3) is 3.56. The topological polar surface area (TPSA) is 47.3 Å². The average Bonchev–Trinajstić information content (AvgIpc) is 2.37. The summed E-state index contributed by atoms with van der Waals surface area (Å²) in [4.78, 5) is 0. The van der Waals surface area contributed by atoms with E-state index >= 15 is 0 Å². The number of ether oxygens (including phenoxy) is 1. The minimum Gasteiger partial charge on any atom is -0.399 e. The van der Waals surface area contributed by atoms with Crippen LogP contribution in [0.1, 0.15) is 25.3 Å². The molecule has 3 nitrogen and oxygen atoms in total. The van der Waals surface area contributed by atoms with Gasteiger partial charge in [-0.3, -0.25) is 0 Å². The predicted octanol–water partition coefficient (Wildman–Crippen LogP) is 3.52. The van der Waals surface area contributed by atoms with Gasteiger partial charge in [0.05, 0.1) is 5.56 Å². The summed E-state index contributed by atoms with van der Waals surface area (Å²) in [5.74, 6) is 0. The summed E-state index contributed by atoms with van der Waals surface area (Å²) in [7, 11) is 0. The third-order valence-electron chi connectivity index (χ3n) is 3.75. The van der Waals surface area contributed by atoms with Gasteiger partial charge < -0.3 is 15.8 Å². The molecule has 20 heavy (non-hydrogen) atoms. The molecule has 0 radical (unpaired) electrons. The van der Waals surface area contributed by atoms with E-state index in [1.165, 1.54) is 12.1 Å². The van der Waals surface area contributed by atoms with E-state index in [2.05, 4.69) is 12.2 Å². The van der Waals surface area contributed by atoms with Crippen molar-refractivity contribution in [2.75, 3.05) is 30.8 Å². The molecule has 1 heterocycles. The van der Waals surface area contributed by atoms with Crippen molar-refractivity contribution in [1.29, 1.82) is 0 Å². The zero-order chi connectivity index (χ0) is 14.8. The van der Waals surface area contributed by atoms with Crippen LogP contribution in [0.2, 0.25) is 0 Å². The number of benzene rings is 1. The van der Waals surface area contributed by atoms with Gasteiger partial charge in [0.1, 0.15) is 0 Å². The first-order valence-corrected chi connectivity index (χ1v) is 6.59. The first-order chi connectivity index (χ1) is 9.30. The lowest BCUT2D eigenvalue weighted by Crippen LogP contribution is -2.33. The van der Waals surface area contributed by atoms with Gasteiger partial charge in [0.15, 0.2) is 0 Å². The van der Waals surface area contributed by atoms with E-state index in [9.17, 15) is 13.2 Å². The van der Waals surface area contributed by atoms with Gasteiger partial charge in [0, 0.05) is 31.1 Å². The van der Waals surface area contributed by atoms with Crippen LogP contribution in [0.4, 0.5) is 24.5 Å². The van der Waals surface area contributed by atoms with Gasteiger partial charge in [0.25, 0.3) is 0 Å². The fraction of sp³-hybridized carbons (Fsp3) is 0.571. The number of halogens is 3. The van der Waals surface area contributed by atoms with Gasteiger partial charge in [0.2, 0.25) is 0 Å². The average molecular weight is 288 g/mol. The number of nitrogens with two attached hydrogens (primary N) is 1. The molecule has 0 atom stereocenters. The Balaban J connectivity index is 2.13. The quantitative estimate of drug-likeness (QED) is 0.837. The maximum Gasteiger partial charge on any atom is 0.418 e. The normalized spacial score (nSPS) is 18.8. The Morgan fingerprint density at radius 2 is 1.95 bits per heavy atom. The van der Waals surface area contributed by atoms with Crippen molar-refractivity contribution in [3.63, 3.8) is 0 Å². The molecule has 1 fully saturated rings. The molecule has 2 rings (SSSR count). The molecule has 1 aliphatic rings. The third-order valence-corrected chi connectivity index (χ3v) is 3.75. The number of rotatable bonds is 3. The molecule has 0 bridgehead atoms. The molecule has 0 amide bonds. The molecular formula is C14H19F3N2O. The Morgan fingerprint density at radius 1 is 1.30 bits per heavy atom. The summed E-state index contributed by atoms with van der Waals surface area (Å²) in [5, 5.41) is 2.93. The number of hydrogen-bond acceptors (Lipinski definition) is 3. The number of hydrogen-bond donors (Lipinski definition) is 2. The van der Waals surface area contributed by atoms with E-state index in [1.54, 1.807) is 0 Å². The van der Waals surface area contributed by atoms with Crippen LogP contribution in [0.25, 0.3) is 0 Å². The van der Waals surface area contributed by atoms with Gasteiger partial charge in [-0.1, -0.05) is 6.92 Å². The standard InChI is InChI=1S/C14H19F3N2O/c1-13(4-6-20-7-5-13)9-19-12-3-2-10(18)8-11(12)14(15,16)17/h2-3,8,19H,4-7,9,18H2,1H3. The second kappa shape index (κ2) is 5.52. The second-order valence-corrected chi connectivity index (χ2v) is 5.58. The van der Waals surface area contributed by atoms with E-state index in [0.717, 1.165) is 18.9 Å². The Hall–Kier alpha value is -1.43. The highest BCUT2D eigenvalue weighted by Crippen LogP contribution is 2.37. The molecule has 1 saturated heterocycles. The van der Waals surface area contributed by atoms with Gasteiger partial charge in [-0.05, 0) is 36.5 Å². The van der Waals surface area contributed by atoms with Crippen LogP contribution < -0.4 is 11.1 Å². The minimum absolute atomic E-state index is 0.0392. The highest BCUT2D eigenvalue weighted by Gasteiger charge is 2.34. The first-order valence-electron chi connectivity index (χ1n) is 6.59. The lowest BCUT2D eigenvalue weighted by molar-refractivity contribution is -0.136. The molecule has 0 saturated carbocycles. The summed E-state index contributed by atoms with van der Waals surface area (Å²) in [5.41, 5.74) is 4.89. The number of alkyl halides is 3. The first kappa shape index (κ1) is 15.0. The fourth-order valence-corrected chi connectivity index (χ4v) is 2.30. The molecule has 0 unspecified atom stereocenters. The fourth-order valence-electron chi connectivity index (χ4n) is 2.30. The Bertz CT molecular complexity index is 468. The summed E-state index contributed by atoms with van der Waals surface area (Å²) in [6.07, 6.45) is -2.72.